The molecule has 2 heterocycles. The fraction of sp³-hybridized carbons (Fsp3) is 0.100. The monoisotopic (exact) mass is 343 g/mol. The van der Waals surface area contributed by atoms with Gasteiger partial charge < -0.3 is 9.64 Å². The van der Waals surface area contributed by atoms with Gasteiger partial charge in [-0.2, -0.15) is 10.2 Å². The van der Waals surface area contributed by atoms with E-state index < -0.39 is 0 Å². The molecule has 0 aliphatic heterocycles. The van der Waals surface area contributed by atoms with Crippen LogP contribution in [0, 0.1) is 18.3 Å². The molecule has 6 heteroatoms. The number of nitrogens with zero attached hydrogens (tertiary/aromatic N) is 5. The van der Waals surface area contributed by atoms with Crippen LogP contribution in [0.25, 0.3) is 0 Å². The topological polar surface area (TPSA) is 74.9 Å². The van der Waals surface area contributed by atoms with Crippen LogP contribution in [-0.2, 0) is 6.61 Å². The number of anilines is 2. The van der Waals surface area contributed by atoms with E-state index in [9.17, 15) is 5.26 Å². The van der Waals surface area contributed by atoms with Crippen molar-refractivity contribution in [2.24, 2.45) is 0 Å². The molecule has 0 aliphatic carbocycles. The van der Waals surface area contributed by atoms with Gasteiger partial charge in [-0.3, -0.25) is 4.98 Å². The van der Waals surface area contributed by atoms with Crippen LogP contribution in [0.2, 0.25) is 0 Å². The standard InChI is InChI=1S/C20H17N5O/c1-3-25(18-9-5-4-7-15(18)2)19-17(11-21)13-23-20(24-19)26-14-16-8-6-10-22-12-16/h3-10,12-13H,1,14H2,2H3. The Balaban J connectivity index is 1.93. The molecule has 0 radical (unpaired) electrons. The van der Waals surface area contributed by atoms with Crippen LogP contribution in [0.1, 0.15) is 16.7 Å². The lowest BCUT2D eigenvalue weighted by Crippen LogP contribution is -2.14. The number of hydrogen-bond donors (Lipinski definition) is 0. The second kappa shape index (κ2) is 7.90. The maximum atomic E-state index is 9.44. The first-order valence-corrected chi connectivity index (χ1v) is 7.99. The van der Waals surface area contributed by atoms with Gasteiger partial charge in [-0.05, 0) is 24.6 Å². The smallest absolute Gasteiger partial charge is 0.318 e. The van der Waals surface area contributed by atoms with Crippen molar-refractivity contribution in [1.82, 2.24) is 15.0 Å². The van der Waals surface area contributed by atoms with Crippen molar-refractivity contribution in [1.29, 1.82) is 5.26 Å². The van der Waals surface area contributed by atoms with Crippen LogP contribution in [-0.4, -0.2) is 15.0 Å². The first-order valence-electron chi connectivity index (χ1n) is 7.99. The Morgan fingerprint density at radius 2 is 2.08 bits per heavy atom. The summed E-state index contributed by atoms with van der Waals surface area (Å²) in [5.74, 6) is 0.424. The lowest BCUT2D eigenvalue weighted by molar-refractivity contribution is 0.280. The summed E-state index contributed by atoms with van der Waals surface area (Å²) in [5, 5.41) is 9.44. The second-order valence-electron chi connectivity index (χ2n) is 5.49. The summed E-state index contributed by atoms with van der Waals surface area (Å²) in [7, 11) is 0. The number of hydrogen-bond acceptors (Lipinski definition) is 6. The summed E-state index contributed by atoms with van der Waals surface area (Å²) in [4.78, 5) is 14.4. The molecular formula is C20H17N5O. The third-order valence-electron chi connectivity index (χ3n) is 3.74. The van der Waals surface area contributed by atoms with Gasteiger partial charge in [0.1, 0.15) is 18.2 Å². The van der Waals surface area contributed by atoms with E-state index >= 15 is 0 Å². The number of rotatable bonds is 6. The van der Waals surface area contributed by atoms with Crippen molar-refractivity contribution in [2.45, 2.75) is 13.5 Å². The van der Waals surface area contributed by atoms with E-state index in [1.54, 1.807) is 23.5 Å². The molecule has 3 rings (SSSR count). The van der Waals surface area contributed by atoms with Crippen molar-refractivity contribution < 1.29 is 4.74 Å². The van der Waals surface area contributed by atoms with E-state index in [0.717, 1.165) is 16.8 Å². The molecule has 6 nitrogen and oxygen atoms in total. The van der Waals surface area contributed by atoms with E-state index in [4.69, 9.17) is 4.74 Å². The van der Waals surface area contributed by atoms with Crippen molar-refractivity contribution in [2.75, 3.05) is 4.90 Å². The molecule has 0 N–H and O–H groups in total. The van der Waals surface area contributed by atoms with Crippen molar-refractivity contribution in [3.63, 3.8) is 0 Å². The van der Waals surface area contributed by atoms with E-state index in [-0.39, 0.29) is 12.6 Å². The Labute approximate surface area is 152 Å². The fourth-order valence-electron chi connectivity index (χ4n) is 2.45. The summed E-state index contributed by atoms with van der Waals surface area (Å²) < 4.78 is 5.66. The Morgan fingerprint density at radius 1 is 1.23 bits per heavy atom. The van der Waals surface area contributed by atoms with Gasteiger partial charge in [0.25, 0.3) is 0 Å². The summed E-state index contributed by atoms with van der Waals surface area (Å²) in [6.45, 7) is 6.13. The largest absolute Gasteiger partial charge is 0.458 e. The van der Waals surface area contributed by atoms with Crippen molar-refractivity contribution >= 4 is 11.5 Å². The average molecular weight is 343 g/mol. The van der Waals surface area contributed by atoms with Gasteiger partial charge in [-0.15, -0.1) is 0 Å². The lowest BCUT2D eigenvalue weighted by Gasteiger charge is -2.22. The molecule has 2 aromatic heterocycles. The number of ether oxygens (including phenoxy) is 1. The predicted molar refractivity (Wildman–Crippen MR) is 98.8 cm³/mol. The van der Waals surface area contributed by atoms with E-state index in [0.29, 0.717) is 11.4 Å². The van der Waals surface area contributed by atoms with Crippen LogP contribution in [0.4, 0.5) is 11.5 Å². The summed E-state index contributed by atoms with van der Waals surface area (Å²) >= 11 is 0. The van der Waals surface area contributed by atoms with Crippen LogP contribution < -0.4 is 9.64 Å². The van der Waals surface area contributed by atoms with Crippen LogP contribution in [0.5, 0.6) is 6.01 Å². The second-order valence-corrected chi connectivity index (χ2v) is 5.49. The zero-order chi connectivity index (χ0) is 18.4. The number of aromatic nitrogens is 3. The number of aryl methyl sites for hydroxylation is 1. The van der Waals surface area contributed by atoms with Gasteiger partial charge in [0.15, 0.2) is 5.82 Å². The minimum atomic E-state index is 0.184. The highest BCUT2D eigenvalue weighted by molar-refractivity contribution is 5.70. The summed E-state index contributed by atoms with van der Waals surface area (Å²) in [6, 6.07) is 13.8. The molecule has 0 spiro atoms. The average Bonchev–Trinajstić information content (AvgIpc) is 2.69. The van der Waals surface area contributed by atoms with Gasteiger partial charge in [-0.25, -0.2) is 4.98 Å². The Bertz CT molecular complexity index is 950. The van der Waals surface area contributed by atoms with Crippen LogP contribution in [0.3, 0.4) is 0 Å². The highest BCUT2D eigenvalue weighted by atomic mass is 16.5. The van der Waals surface area contributed by atoms with Crippen LogP contribution in [0.15, 0.2) is 67.8 Å². The first-order chi connectivity index (χ1) is 12.7. The number of para-hydroxylation sites is 1. The van der Waals surface area contributed by atoms with Crippen LogP contribution >= 0.6 is 0 Å². The van der Waals surface area contributed by atoms with Crippen molar-refractivity contribution in [3.8, 4) is 12.1 Å². The molecule has 128 valence electrons. The Kier molecular flexibility index (Phi) is 5.20. The molecule has 0 amide bonds. The minimum Gasteiger partial charge on any atom is -0.458 e. The molecular weight excluding hydrogens is 326 g/mol. The third kappa shape index (κ3) is 3.68. The Morgan fingerprint density at radius 3 is 2.77 bits per heavy atom. The number of nitriles is 1. The molecule has 0 atom stereocenters. The van der Waals surface area contributed by atoms with Gasteiger partial charge in [0, 0.05) is 29.8 Å². The molecule has 0 saturated heterocycles. The van der Waals surface area contributed by atoms with Gasteiger partial charge >= 0.3 is 6.01 Å². The van der Waals surface area contributed by atoms with Gasteiger partial charge in [0.2, 0.25) is 0 Å². The fourth-order valence-corrected chi connectivity index (χ4v) is 2.45. The quantitative estimate of drug-likeness (QED) is 0.675. The highest BCUT2D eigenvalue weighted by Gasteiger charge is 2.16. The molecule has 3 aromatic rings. The zero-order valence-electron chi connectivity index (χ0n) is 14.3. The molecule has 0 aliphatic rings. The Hall–Kier alpha value is -3.72. The molecule has 0 bridgehead atoms. The third-order valence-corrected chi connectivity index (χ3v) is 3.74. The first kappa shape index (κ1) is 17.1. The number of benzene rings is 1. The normalized spacial score (nSPS) is 10.0. The SMILES string of the molecule is C=CN(c1ccccc1C)c1nc(OCc2cccnc2)ncc1C#N. The molecule has 0 saturated carbocycles. The van der Waals surface area contributed by atoms with Crippen molar-refractivity contribution in [3.05, 3.63) is 84.5 Å². The van der Waals surface area contributed by atoms with E-state index in [2.05, 4.69) is 27.6 Å². The van der Waals surface area contributed by atoms with Gasteiger partial charge in [0.05, 0.1) is 6.20 Å². The lowest BCUT2D eigenvalue weighted by atomic mass is 10.1. The molecule has 1 aromatic carbocycles. The minimum absolute atomic E-state index is 0.184. The summed E-state index contributed by atoms with van der Waals surface area (Å²) in [5.41, 5.74) is 3.16. The summed E-state index contributed by atoms with van der Waals surface area (Å²) in [6.07, 6.45) is 6.49. The molecule has 0 fully saturated rings. The maximum Gasteiger partial charge on any atom is 0.318 e. The maximum absolute atomic E-state index is 9.44. The number of pyridine rings is 1. The predicted octanol–water partition coefficient (Wildman–Crippen LogP) is 3.91. The molecule has 0 unspecified atom stereocenters. The highest BCUT2D eigenvalue weighted by Crippen LogP contribution is 2.30. The zero-order valence-corrected chi connectivity index (χ0v) is 14.3. The molecule has 26 heavy (non-hydrogen) atoms. The van der Waals surface area contributed by atoms with Gasteiger partial charge in [-0.1, -0.05) is 30.8 Å². The van der Waals surface area contributed by atoms with E-state index in [1.165, 1.54) is 6.20 Å². The van der Waals surface area contributed by atoms with E-state index in [1.807, 2.05) is 43.3 Å².